The number of aromatic nitrogens is 2. The molecule has 2 atom stereocenters. The minimum atomic E-state index is -0.803. The number of fused-ring (bicyclic) bond motifs is 3. The van der Waals surface area contributed by atoms with Crippen molar-refractivity contribution in [2.24, 2.45) is 11.8 Å². The molecule has 2 aliphatic rings. The molecule has 4 rings (SSSR count). The first-order valence-corrected chi connectivity index (χ1v) is 12.1. The number of aryl methyl sites for hydroxylation is 1. The Bertz CT molecular complexity index is 1060. The Morgan fingerprint density at radius 3 is 2.86 bits per heavy atom. The lowest BCUT2D eigenvalue weighted by Gasteiger charge is -2.22. The largest absolute Gasteiger partial charge is 0.337 e. The lowest BCUT2D eigenvalue weighted by molar-refractivity contribution is -0.119. The van der Waals surface area contributed by atoms with Gasteiger partial charge in [0.15, 0.2) is 5.16 Å². The van der Waals surface area contributed by atoms with Gasteiger partial charge < -0.3 is 5.32 Å². The fourth-order valence-corrected chi connectivity index (χ4v) is 6.42. The highest BCUT2D eigenvalue weighted by Gasteiger charge is 2.43. The molecule has 0 spiro atoms. The molecule has 2 heterocycles. The van der Waals surface area contributed by atoms with Gasteiger partial charge in [0.25, 0.3) is 5.56 Å². The van der Waals surface area contributed by atoms with Crippen molar-refractivity contribution in [3.63, 3.8) is 0 Å². The number of nitrogens with zero attached hydrogens (tertiary/aromatic N) is 3. The third kappa shape index (κ3) is 3.82. The lowest BCUT2D eigenvalue weighted by atomic mass is 9.89. The van der Waals surface area contributed by atoms with Gasteiger partial charge in [0.1, 0.15) is 10.4 Å². The van der Waals surface area contributed by atoms with Gasteiger partial charge in [-0.2, -0.15) is 5.26 Å². The van der Waals surface area contributed by atoms with E-state index < -0.39 is 5.54 Å². The summed E-state index contributed by atoms with van der Waals surface area (Å²) in [7, 11) is 0. The first kappa shape index (κ1) is 20.4. The second-order valence-electron chi connectivity index (χ2n) is 8.40. The Kier molecular flexibility index (Phi) is 5.47. The minimum Gasteiger partial charge on any atom is -0.337 e. The molecule has 0 aromatic carbocycles. The van der Waals surface area contributed by atoms with E-state index in [1.165, 1.54) is 22.2 Å². The maximum atomic E-state index is 13.2. The monoisotopic (exact) mass is 430 g/mol. The summed E-state index contributed by atoms with van der Waals surface area (Å²) in [5.41, 5.74) is 0.391. The number of thiophene rings is 1. The van der Waals surface area contributed by atoms with Gasteiger partial charge in [-0.05, 0) is 63.4 Å². The zero-order chi connectivity index (χ0) is 20.8. The van der Waals surface area contributed by atoms with E-state index in [9.17, 15) is 14.9 Å². The molecular formula is C21H26N4O2S2. The van der Waals surface area contributed by atoms with E-state index in [-0.39, 0.29) is 23.1 Å². The van der Waals surface area contributed by atoms with Crippen LogP contribution in [-0.2, 0) is 24.2 Å². The van der Waals surface area contributed by atoms with E-state index in [2.05, 4.69) is 18.3 Å². The van der Waals surface area contributed by atoms with E-state index >= 15 is 0 Å². The van der Waals surface area contributed by atoms with Gasteiger partial charge in [0.05, 0.1) is 17.2 Å². The van der Waals surface area contributed by atoms with Gasteiger partial charge in [-0.25, -0.2) is 4.98 Å². The Labute approximate surface area is 178 Å². The van der Waals surface area contributed by atoms with Crippen LogP contribution in [0.25, 0.3) is 10.2 Å². The second-order valence-corrected chi connectivity index (χ2v) is 10.4. The lowest BCUT2D eigenvalue weighted by Crippen LogP contribution is -2.47. The third-order valence-corrected chi connectivity index (χ3v) is 8.18. The van der Waals surface area contributed by atoms with Crippen LogP contribution in [0.4, 0.5) is 0 Å². The molecule has 154 valence electrons. The number of carbonyl (C=O) groups is 1. The first-order valence-electron chi connectivity index (χ1n) is 10.3. The summed E-state index contributed by atoms with van der Waals surface area (Å²) < 4.78 is 1.68. The zero-order valence-electron chi connectivity index (χ0n) is 17.1. The summed E-state index contributed by atoms with van der Waals surface area (Å²) in [5.74, 6) is 0.832. The SMILES string of the molecule is CCn1c(SCC(=O)NC(C)(C#N)C2CC2)nc2sc3c(c2c1=O)CCC(C)C3. The highest BCUT2D eigenvalue weighted by molar-refractivity contribution is 7.99. The molecule has 1 N–H and O–H groups in total. The number of hydrogen-bond donors (Lipinski definition) is 1. The number of rotatable bonds is 6. The maximum absolute atomic E-state index is 13.2. The summed E-state index contributed by atoms with van der Waals surface area (Å²) in [6, 6.07) is 2.25. The van der Waals surface area contributed by atoms with E-state index in [0.717, 1.165) is 42.3 Å². The summed E-state index contributed by atoms with van der Waals surface area (Å²) in [6.07, 6.45) is 5.03. The Hall–Kier alpha value is -1.85. The Morgan fingerprint density at radius 2 is 2.21 bits per heavy atom. The normalized spacial score (nSPS) is 20.7. The molecular weight excluding hydrogens is 404 g/mol. The fourth-order valence-electron chi connectivity index (χ4n) is 4.13. The van der Waals surface area contributed by atoms with E-state index in [1.54, 1.807) is 22.8 Å². The molecule has 1 saturated carbocycles. The molecule has 0 radical (unpaired) electrons. The van der Waals surface area contributed by atoms with Crippen LogP contribution in [0, 0.1) is 23.2 Å². The molecule has 0 saturated heterocycles. The summed E-state index contributed by atoms with van der Waals surface area (Å²) >= 11 is 2.91. The van der Waals surface area contributed by atoms with Crippen molar-refractivity contribution < 1.29 is 4.79 Å². The Balaban J connectivity index is 1.58. The topological polar surface area (TPSA) is 87.8 Å². The summed E-state index contributed by atoms with van der Waals surface area (Å²) in [6.45, 7) is 6.49. The maximum Gasteiger partial charge on any atom is 0.263 e. The number of amides is 1. The van der Waals surface area contributed by atoms with Crippen LogP contribution in [0.3, 0.4) is 0 Å². The second kappa shape index (κ2) is 7.77. The molecule has 2 aromatic heterocycles. The van der Waals surface area contributed by atoms with Crippen molar-refractivity contribution in [1.29, 1.82) is 5.26 Å². The molecule has 29 heavy (non-hydrogen) atoms. The molecule has 1 amide bonds. The molecule has 2 unspecified atom stereocenters. The van der Waals surface area contributed by atoms with Gasteiger partial charge in [0, 0.05) is 11.4 Å². The minimum absolute atomic E-state index is 0.00676. The van der Waals surface area contributed by atoms with Crippen molar-refractivity contribution in [2.75, 3.05) is 5.75 Å². The van der Waals surface area contributed by atoms with E-state index in [1.807, 2.05) is 6.92 Å². The zero-order valence-corrected chi connectivity index (χ0v) is 18.7. The Morgan fingerprint density at radius 1 is 1.45 bits per heavy atom. The van der Waals surface area contributed by atoms with Crippen LogP contribution in [-0.4, -0.2) is 26.8 Å². The average molecular weight is 431 g/mol. The van der Waals surface area contributed by atoms with Gasteiger partial charge in [-0.1, -0.05) is 18.7 Å². The predicted octanol–water partition coefficient (Wildman–Crippen LogP) is 3.50. The molecule has 2 aliphatic carbocycles. The molecule has 1 fully saturated rings. The van der Waals surface area contributed by atoms with E-state index in [0.29, 0.717) is 17.6 Å². The highest BCUT2D eigenvalue weighted by Crippen LogP contribution is 2.39. The van der Waals surface area contributed by atoms with Crippen LogP contribution in [0.2, 0.25) is 0 Å². The predicted molar refractivity (Wildman–Crippen MR) is 116 cm³/mol. The van der Waals surface area contributed by atoms with Crippen molar-refractivity contribution in [1.82, 2.24) is 14.9 Å². The van der Waals surface area contributed by atoms with Crippen LogP contribution < -0.4 is 10.9 Å². The van der Waals surface area contributed by atoms with Crippen LogP contribution >= 0.6 is 23.1 Å². The summed E-state index contributed by atoms with van der Waals surface area (Å²) in [5, 5.41) is 13.7. The number of nitriles is 1. The smallest absolute Gasteiger partial charge is 0.263 e. The quantitative estimate of drug-likeness (QED) is 0.560. The van der Waals surface area contributed by atoms with Crippen molar-refractivity contribution in [2.45, 2.75) is 70.1 Å². The van der Waals surface area contributed by atoms with E-state index in [4.69, 9.17) is 4.98 Å². The molecule has 0 bridgehead atoms. The number of carbonyl (C=O) groups excluding carboxylic acids is 1. The van der Waals surface area contributed by atoms with Gasteiger partial charge >= 0.3 is 0 Å². The molecule has 6 nitrogen and oxygen atoms in total. The first-order chi connectivity index (χ1) is 13.9. The molecule has 0 aliphatic heterocycles. The average Bonchev–Trinajstić information content (AvgIpc) is 3.48. The molecule has 2 aromatic rings. The third-order valence-electron chi connectivity index (χ3n) is 6.05. The van der Waals surface area contributed by atoms with Gasteiger partial charge in [-0.3, -0.25) is 14.2 Å². The standard InChI is InChI=1S/C21H26N4O2S2/c1-4-25-19(27)17-14-8-5-12(2)9-15(14)29-18(17)23-20(25)28-10-16(26)24-21(3,11-22)13-6-7-13/h12-13H,4-10H2,1-3H3,(H,24,26). The van der Waals surface area contributed by atoms with Crippen LogP contribution in [0.15, 0.2) is 9.95 Å². The summed E-state index contributed by atoms with van der Waals surface area (Å²) in [4.78, 5) is 32.5. The fraction of sp³-hybridized carbons (Fsp3) is 0.619. The van der Waals surface area contributed by atoms with Crippen molar-refractivity contribution in [3.05, 3.63) is 20.8 Å². The number of nitrogens with one attached hydrogen (secondary N) is 1. The molecule has 8 heteroatoms. The van der Waals surface area contributed by atoms with Gasteiger partial charge in [-0.15, -0.1) is 11.3 Å². The number of hydrogen-bond acceptors (Lipinski definition) is 6. The highest BCUT2D eigenvalue weighted by atomic mass is 32.2. The van der Waals surface area contributed by atoms with Gasteiger partial charge in [0.2, 0.25) is 5.91 Å². The van der Waals surface area contributed by atoms with Crippen LogP contribution in [0.1, 0.15) is 50.5 Å². The van der Waals surface area contributed by atoms with Crippen molar-refractivity contribution in [3.8, 4) is 6.07 Å². The van der Waals surface area contributed by atoms with Crippen LogP contribution in [0.5, 0.6) is 0 Å². The number of thioether (sulfide) groups is 1. The van der Waals surface area contributed by atoms with Crippen molar-refractivity contribution >= 4 is 39.2 Å².